The molecule has 0 saturated carbocycles. The predicted molar refractivity (Wildman–Crippen MR) is 81.1 cm³/mol. The Hall–Kier alpha value is -2.66. The van der Waals surface area contributed by atoms with Gasteiger partial charge in [-0.3, -0.25) is 4.79 Å². The van der Waals surface area contributed by atoms with Crippen LogP contribution < -0.4 is 5.56 Å². The smallest absolute Gasteiger partial charge is 0.282 e. The summed E-state index contributed by atoms with van der Waals surface area (Å²) < 4.78 is 1.40. The number of H-pyrrole nitrogens is 1. The second-order valence-corrected chi connectivity index (χ2v) is 5.04. The van der Waals surface area contributed by atoms with Crippen molar-refractivity contribution in [2.45, 2.75) is 0 Å². The van der Waals surface area contributed by atoms with E-state index in [1.807, 2.05) is 30.3 Å². The van der Waals surface area contributed by atoms with Gasteiger partial charge in [0.25, 0.3) is 5.56 Å². The Balaban J connectivity index is 2.08. The standard InChI is InChI=1S/C15H9ClN4O/c16-13-6-12-10(7-18-13)14-11(8-17-12)15(21)20(19-14)9-4-2-1-3-5-9/h1-8,17H. The van der Waals surface area contributed by atoms with Crippen molar-refractivity contribution in [3.63, 3.8) is 0 Å². The van der Waals surface area contributed by atoms with Crippen molar-refractivity contribution < 1.29 is 0 Å². The zero-order valence-electron chi connectivity index (χ0n) is 10.7. The van der Waals surface area contributed by atoms with Crippen LogP contribution in [0.4, 0.5) is 0 Å². The summed E-state index contributed by atoms with van der Waals surface area (Å²) in [6.45, 7) is 0. The number of nitrogens with one attached hydrogen (secondary N) is 1. The van der Waals surface area contributed by atoms with Crippen molar-refractivity contribution in [2.24, 2.45) is 0 Å². The molecule has 3 heterocycles. The lowest BCUT2D eigenvalue weighted by molar-refractivity contribution is 0.859. The molecule has 2 aliphatic rings. The summed E-state index contributed by atoms with van der Waals surface area (Å²) in [6, 6.07) is 11.0. The minimum atomic E-state index is -0.163. The number of aromatic amines is 1. The maximum absolute atomic E-state index is 12.5. The lowest BCUT2D eigenvalue weighted by Gasteiger charge is -2.01. The van der Waals surface area contributed by atoms with E-state index >= 15 is 0 Å². The fraction of sp³-hybridized carbons (Fsp3) is 0. The fourth-order valence-corrected chi connectivity index (χ4v) is 2.53. The molecule has 0 saturated heterocycles. The maximum atomic E-state index is 12.5. The number of pyridine rings is 2. The predicted octanol–water partition coefficient (Wildman–Crippen LogP) is 2.87. The van der Waals surface area contributed by atoms with Crippen molar-refractivity contribution in [1.29, 1.82) is 0 Å². The third kappa shape index (κ3) is 1.82. The number of para-hydroxylation sites is 1. The van der Waals surface area contributed by atoms with E-state index in [1.54, 1.807) is 18.5 Å². The molecule has 0 radical (unpaired) electrons. The molecular weight excluding hydrogens is 288 g/mol. The normalized spacial score (nSPS) is 11.3. The number of fused-ring (bicyclic) bond motifs is 3. The van der Waals surface area contributed by atoms with Crippen LogP contribution in [0.15, 0.2) is 53.6 Å². The number of nitrogens with zero attached hydrogens (tertiary/aromatic N) is 3. The van der Waals surface area contributed by atoms with Gasteiger partial charge in [0.15, 0.2) is 0 Å². The number of benzene rings is 1. The molecule has 0 fully saturated rings. The average Bonchev–Trinajstić information content (AvgIpc) is 2.85. The largest absolute Gasteiger partial charge is 0.360 e. The number of hydrogen-bond acceptors (Lipinski definition) is 3. The van der Waals surface area contributed by atoms with E-state index in [-0.39, 0.29) is 5.56 Å². The van der Waals surface area contributed by atoms with Crippen LogP contribution in [0.1, 0.15) is 0 Å². The third-order valence-corrected chi connectivity index (χ3v) is 3.58. The van der Waals surface area contributed by atoms with Gasteiger partial charge in [-0.25, -0.2) is 4.98 Å². The number of aromatic nitrogens is 4. The SMILES string of the molecule is O=c1c2c[nH]c3cc(Cl)ncc3c-2nn1-c1ccccc1. The first-order valence-electron chi connectivity index (χ1n) is 6.35. The number of halogens is 1. The highest BCUT2D eigenvalue weighted by Crippen LogP contribution is 2.26. The zero-order valence-corrected chi connectivity index (χ0v) is 11.5. The van der Waals surface area contributed by atoms with Gasteiger partial charge >= 0.3 is 0 Å². The Morgan fingerprint density at radius 3 is 2.81 bits per heavy atom. The van der Waals surface area contributed by atoms with E-state index in [0.29, 0.717) is 16.4 Å². The highest BCUT2D eigenvalue weighted by atomic mass is 35.5. The second kappa shape index (κ2) is 4.43. The van der Waals surface area contributed by atoms with E-state index < -0.39 is 0 Å². The van der Waals surface area contributed by atoms with E-state index in [2.05, 4.69) is 15.1 Å². The Morgan fingerprint density at radius 2 is 2.00 bits per heavy atom. The molecule has 2 aromatic rings. The van der Waals surface area contributed by atoms with Gasteiger partial charge in [0, 0.05) is 17.8 Å². The average molecular weight is 297 g/mol. The molecule has 1 aromatic heterocycles. The Kier molecular flexibility index (Phi) is 2.55. The molecular formula is C15H9ClN4O. The van der Waals surface area contributed by atoms with Crippen LogP contribution in [0.2, 0.25) is 5.15 Å². The Labute approximate surface area is 124 Å². The molecule has 21 heavy (non-hydrogen) atoms. The molecule has 4 rings (SSSR count). The molecule has 1 aromatic carbocycles. The topological polar surface area (TPSA) is 63.6 Å². The van der Waals surface area contributed by atoms with Crippen LogP contribution in [-0.4, -0.2) is 19.7 Å². The van der Waals surface area contributed by atoms with Crippen LogP contribution in [-0.2, 0) is 0 Å². The second-order valence-electron chi connectivity index (χ2n) is 4.66. The first-order chi connectivity index (χ1) is 10.2. The summed E-state index contributed by atoms with van der Waals surface area (Å²) in [5, 5.41) is 5.60. The highest BCUT2D eigenvalue weighted by molar-refractivity contribution is 6.30. The summed E-state index contributed by atoms with van der Waals surface area (Å²) in [6.07, 6.45) is 3.28. The van der Waals surface area contributed by atoms with Gasteiger partial charge in [-0.1, -0.05) is 29.8 Å². The highest BCUT2D eigenvalue weighted by Gasteiger charge is 2.19. The zero-order chi connectivity index (χ0) is 14.4. The lowest BCUT2D eigenvalue weighted by atomic mass is 10.1. The molecule has 1 N–H and O–H groups in total. The van der Waals surface area contributed by atoms with E-state index in [0.717, 1.165) is 16.6 Å². The van der Waals surface area contributed by atoms with Crippen molar-refractivity contribution in [3.8, 4) is 16.9 Å². The summed E-state index contributed by atoms with van der Waals surface area (Å²) >= 11 is 5.88. The van der Waals surface area contributed by atoms with E-state index in [9.17, 15) is 4.79 Å². The van der Waals surface area contributed by atoms with Gasteiger partial charge in [-0.05, 0) is 18.2 Å². The van der Waals surface area contributed by atoms with Gasteiger partial charge in [-0.15, -0.1) is 0 Å². The molecule has 0 atom stereocenters. The van der Waals surface area contributed by atoms with Crippen molar-refractivity contribution >= 4 is 22.5 Å². The number of rotatable bonds is 1. The molecule has 6 heteroatoms. The van der Waals surface area contributed by atoms with Gasteiger partial charge in [-0.2, -0.15) is 9.78 Å². The van der Waals surface area contributed by atoms with Crippen molar-refractivity contribution in [1.82, 2.24) is 19.7 Å². The van der Waals surface area contributed by atoms with Gasteiger partial charge in [0.2, 0.25) is 0 Å². The Morgan fingerprint density at radius 1 is 1.19 bits per heavy atom. The van der Waals surface area contributed by atoms with Gasteiger partial charge in [0.05, 0.1) is 16.8 Å². The van der Waals surface area contributed by atoms with Crippen LogP contribution in [0.5, 0.6) is 0 Å². The molecule has 0 unspecified atom stereocenters. The lowest BCUT2D eigenvalue weighted by Crippen LogP contribution is -2.14. The molecule has 102 valence electrons. The van der Waals surface area contributed by atoms with Crippen LogP contribution >= 0.6 is 11.6 Å². The summed E-state index contributed by atoms with van der Waals surface area (Å²) in [4.78, 5) is 19.6. The summed E-state index contributed by atoms with van der Waals surface area (Å²) in [5.41, 5.74) is 2.50. The van der Waals surface area contributed by atoms with E-state index in [4.69, 9.17) is 11.6 Å². The molecule has 2 aliphatic heterocycles. The first kappa shape index (κ1) is 12.1. The van der Waals surface area contributed by atoms with Crippen molar-refractivity contribution in [2.75, 3.05) is 0 Å². The first-order valence-corrected chi connectivity index (χ1v) is 6.73. The quantitative estimate of drug-likeness (QED) is 0.549. The number of hydrogen-bond donors (Lipinski definition) is 1. The molecule has 0 bridgehead atoms. The van der Waals surface area contributed by atoms with Crippen LogP contribution in [0, 0.1) is 0 Å². The van der Waals surface area contributed by atoms with Gasteiger partial charge in [0.1, 0.15) is 10.8 Å². The monoisotopic (exact) mass is 296 g/mol. The summed E-state index contributed by atoms with van der Waals surface area (Å²) in [5.74, 6) is 0. The molecule has 0 spiro atoms. The minimum Gasteiger partial charge on any atom is -0.360 e. The van der Waals surface area contributed by atoms with Gasteiger partial charge < -0.3 is 4.98 Å². The van der Waals surface area contributed by atoms with Crippen molar-refractivity contribution in [3.05, 3.63) is 64.3 Å². The minimum absolute atomic E-state index is 0.163. The third-order valence-electron chi connectivity index (χ3n) is 3.38. The summed E-state index contributed by atoms with van der Waals surface area (Å²) in [7, 11) is 0. The van der Waals surface area contributed by atoms with E-state index in [1.165, 1.54) is 4.68 Å². The molecule has 0 amide bonds. The van der Waals surface area contributed by atoms with Crippen LogP contribution in [0.3, 0.4) is 0 Å². The maximum Gasteiger partial charge on any atom is 0.282 e. The molecule has 0 aliphatic carbocycles. The Bertz CT molecular complexity index is 974. The van der Waals surface area contributed by atoms with Crippen LogP contribution in [0.25, 0.3) is 27.8 Å². The molecule has 5 nitrogen and oxygen atoms in total. The fourth-order valence-electron chi connectivity index (χ4n) is 2.38.